The largest absolute Gasteiger partial charge is 0.350 e. The van der Waals surface area contributed by atoms with Crippen LogP contribution in [-0.2, 0) is 0 Å². The zero-order valence-electron chi connectivity index (χ0n) is 22.6. The number of hydrogen-bond donors (Lipinski definition) is 4. The van der Waals surface area contributed by atoms with Gasteiger partial charge in [0, 0.05) is 43.1 Å². The van der Waals surface area contributed by atoms with Gasteiger partial charge in [0.25, 0.3) is 5.91 Å². The number of aromatic nitrogens is 3. The van der Waals surface area contributed by atoms with E-state index >= 15 is 0 Å². The van der Waals surface area contributed by atoms with E-state index in [-0.39, 0.29) is 17.4 Å². The van der Waals surface area contributed by atoms with Crippen molar-refractivity contribution in [2.45, 2.75) is 47.1 Å². The highest BCUT2D eigenvalue weighted by Gasteiger charge is 2.20. The molecule has 0 bridgehead atoms. The fourth-order valence-electron chi connectivity index (χ4n) is 4.32. The van der Waals surface area contributed by atoms with Crippen LogP contribution in [0.1, 0.15) is 48.7 Å². The van der Waals surface area contributed by atoms with Crippen LogP contribution in [-0.4, -0.2) is 53.6 Å². The molecule has 1 amide bonds. The first-order valence-corrected chi connectivity index (χ1v) is 12.8. The van der Waals surface area contributed by atoms with Crippen molar-refractivity contribution < 1.29 is 4.79 Å². The third-order valence-electron chi connectivity index (χ3n) is 6.21. The first-order valence-electron chi connectivity index (χ1n) is 12.8. The summed E-state index contributed by atoms with van der Waals surface area (Å²) in [5.74, 6) is 1.38. The second-order valence-electron chi connectivity index (χ2n) is 11.0. The van der Waals surface area contributed by atoms with Crippen LogP contribution in [0.5, 0.6) is 0 Å². The smallest absolute Gasteiger partial charge is 0.255 e. The van der Waals surface area contributed by atoms with Gasteiger partial charge < -0.3 is 26.2 Å². The molecule has 1 fully saturated rings. The minimum absolute atomic E-state index is 0.0767. The summed E-state index contributed by atoms with van der Waals surface area (Å²) in [6, 6.07) is 13.6. The molecule has 0 saturated carbocycles. The molecule has 4 N–H and O–H groups in total. The van der Waals surface area contributed by atoms with E-state index in [1.165, 1.54) is 0 Å². The number of nitrogens with zero attached hydrogens (tertiary/aromatic N) is 4. The molecule has 1 aliphatic rings. The molecule has 37 heavy (non-hydrogen) atoms. The second-order valence-corrected chi connectivity index (χ2v) is 11.0. The molecule has 1 aromatic heterocycles. The minimum Gasteiger partial charge on any atom is -0.350 e. The predicted octanol–water partition coefficient (Wildman–Crippen LogP) is 4.74. The van der Waals surface area contributed by atoms with Gasteiger partial charge in [0.1, 0.15) is 0 Å². The molecule has 9 heteroatoms. The summed E-state index contributed by atoms with van der Waals surface area (Å²) in [7, 11) is 1.99. The molecule has 9 nitrogen and oxygen atoms in total. The first-order chi connectivity index (χ1) is 17.6. The zero-order chi connectivity index (χ0) is 26.6. The van der Waals surface area contributed by atoms with E-state index in [4.69, 9.17) is 9.97 Å². The number of aryl methyl sites for hydroxylation is 2. The van der Waals surface area contributed by atoms with E-state index in [0.29, 0.717) is 23.4 Å². The van der Waals surface area contributed by atoms with Gasteiger partial charge in [-0.15, -0.1) is 0 Å². The molecule has 3 aromatic rings. The molecule has 0 unspecified atom stereocenters. The Morgan fingerprint density at radius 1 is 1.03 bits per heavy atom. The standard InChI is InChI=1S/C28H38N8O/c1-18-9-7-8-10-22(18)31-24(37)20-12-11-19(2)23(15-20)32-26-33-25(30-21-13-14-29-16-21)34-27(35-26)36(6)17-28(3,4)5/h7-12,15,21,29H,13-14,16-17H2,1-6H3,(H,31,37)(H2,30,32,33,34,35)/t21-/m0/s1. The molecule has 1 atom stereocenters. The molecule has 1 saturated heterocycles. The Labute approximate surface area is 219 Å². The summed E-state index contributed by atoms with van der Waals surface area (Å²) in [6.45, 7) is 13.1. The molecule has 1 aliphatic heterocycles. The number of para-hydroxylation sites is 1. The van der Waals surface area contributed by atoms with Crippen molar-refractivity contribution in [2.75, 3.05) is 47.5 Å². The topological polar surface area (TPSA) is 107 Å². The van der Waals surface area contributed by atoms with Gasteiger partial charge >= 0.3 is 0 Å². The van der Waals surface area contributed by atoms with Crippen molar-refractivity contribution in [1.29, 1.82) is 0 Å². The highest BCUT2D eigenvalue weighted by atomic mass is 16.1. The number of carbonyl (C=O) groups excluding carboxylic acids is 1. The minimum atomic E-state index is -0.172. The fraction of sp³-hybridized carbons (Fsp3) is 0.429. The number of carbonyl (C=O) groups is 1. The Morgan fingerprint density at radius 3 is 2.46 bits per heavy atom. The lowest BCUT2D eigenvalue weighted by molar-refractivity contribution is 0.102. The van der Waals surface area contributed by atoms with Crippen LogP contribution in [0.4, 0.5) is 29.2 Å². The highest BCUT2D eigenvalue weighted by molar-refractivity contribution is 6.05. The summed E-state index contributed by atoms with van der Waals surface area (Å²) < 4.78 is 0. The predicted molar refractivity (Wildman–Crippen MR) is 151 cm³/mol. The average molecular weight is 503 g/mol. The normalized spacial score (nSPS) is 15.4. The number of amides is 1. The first kappa shape index (κ1) is 26.3. The van der Waals surface area contributed by atoms with Gasteiger partial charge in [0.05, 0.1) is 0 Å². The van der Waals surface area contributed by atoms with Gasteiger partial charge in [-0.2, -0.15) is 15.0 Å². The van der Waals surface area contributed by atoms with Gasteiger partial charge in [-0.05, 0) is 61.6 Å². The Balaban J connectivity index is 1.60. The van der Waals surface area contributed by atoms with E-state index in [0.717, 1.165) is 48.6 Å². The quantitative estimate of drug-likeness (QED) is 0.350. The molecule has 4 rings (SSSR count). The van der Waals surface area contributed by atoms with Gasteiger partial charge in [-0.25, -0.2) is 0 Å². The monoisotopic (exact) mass is 502 g/mol. The Hall–Kier alpha value is -3.72. The van der Waals surface area contributed by atoms with Crippen molar-refractivity contribution in [3.05, 3.63) is 59.2 Å². The van der Waals surface area contributed by atoms with Crippen molar-refractivity contribution in [1.82, 2.24) is 20.3 Å². The van der Waals surface area contributed by atoms with E-state index in [1.807, 2.05) is 68.3 Å². The Kier molecular flexibility index (Phi) is 7.92. The zero-order valence-corrected chi connectivity index (χ0v) is 22.6. The van der Waals surface area contributed by atoms with Crippen LogP contribution in [0.2, 0.25) is 0 Å². The third-order valence-corrected chi connectivity index (χ3v) is 6.21. The van der Waals surface area contributed by atoms with Crippen molar-refractivity contribution in [3.63, 3.8) is 0 Å². The van der Waals surface area contributed by atoms with Gasteiger partial charge in [-0.1, -0.05) is 45.0 Å². The lowest BCUT2D eigenvalue weighted by Crippen LogP contribution is -2.31. The molecule has 0 aliphatic carbocycles. The van der Waals surface area contributed by atoms with Gasteiger partial charge in [0.2, 0.25) is 17.8 Å². The maximum Gasteiger partial charge on any atom is 0.255 e. The van der Waals surface area contributed by atoms with Gasteiger partial charge in [0.15, 0.2) is 0 Å². The van der Waals surface area contributed by atoms with Gasteiger partial charge in [-0.3, -0.25) is 4.79 Å². The summed E-state index contributed by atoms with van der Waals surface area (Å²) in [5.41, 5.74) is 4.17. The summed E-state index contributed by atoms with van der Waals surface area (Å²) in [6.07, 6.45) is 1.01. The Morgan fingerprint density at radius 2 is 1.76 bits per heavy atom. The molecular weight excluding hydrogens is 464 g/mol. The number of nitrogens with one attached hydrogen (secondary N) is 4. The average Bonchev–Trinajstić information content (AvgIpc) is 3.33. The van der Waals surface area contributed by atoms with Crippen molar-refractivity contribution in [2.24, 2.45) is 5.41 Å². The molecule has 2 aromatic carbocycles. The van der Waals surface area contributed by atoms with E-state index in [9.17, 15) is 4.79 Å². The SMILES string of the molecule is Cc1ccccc1NC(=O)c1ccc(C)c(Nc2nc(N[C@H]3CCNC3)nc(N(C)CC(C)(C)C)n2)c1. The second kappa shape index (κ2) is 11.1. The van der Waals surface area contributed by atoms with Crippen LogP contribution in [0.25, 0.3) is 0 Å². The van der Waals surface area contributed by atoms with Crippen molar-refractivity contribution in [3.8, 4) is 0 Å². The summed E-state index contributed by atoms with van der Waals surface area (Å²) in [4.78, 5) is 29.1. The summed E-state index contributed by atoms with van der Waals surface area (Å²) in [5, 5.41) is 13.2. The Bertz CT molecular complexity index is 1250. The van der Waals surface area contributed by atoms with E-state index in [2.05, 4.69) is 47.0 Å². The number of benzene rings is 2. The van der Waals surface area contributed by atoms with Crippen LogP contribution >= 0.6 is 0 Å². The van der Waals surface area contributed by atoms with Crippen LogP contribution in [0.15, 0.2) is 42.5 Å². The van der Waals surface area contributed by atoms with Crippen molar-refractivity contribution >= 4 is 35.1 Å². The van der Waals surface area contributed by atoms with Crippen LogP contribution in [0, 0.1) is 19.3 Å². The molecule has 0 radical (unpaired) electrons. The number of hydrogen-bond acceptors (Lipinski definition) is 8. The molecular formula is C28H38N8O. The van der Waals surface area contributed by atoms with E-state index < -0.39 is 0 Å². The lowest BCUT2D eigenvalue weighted by atomic mass is 9.96. The molecule has 0 spiro atoms. The number of rotatable bonds is 8. The molecule has 196 valence electrons. The number of anilines is 5. The van der Waals surface area contributed by atoms with E-state index in [1.54, 1.807) is 0 Å². The van der Waals surface area contributed by atoms with Crippen LogP contribution in [0.3, 0.4) is 0 Å². The van der Waals surface area contributed by atoms with Crippen LogP contribution < -0.4 is 26.2 Å². The lowest BCUT2D eigenvalue weighted by Gasteiger charge is -2.27. The fourth-order valence-corrected chi connectivity index (χ4v) is 4.32. The maximum absolute atomic E-state index is 13.0. The highest BCUT2D eigenvalue weighted by Crippen LogP contribution is 2.25. The molecule has 2 heterocycles. The maximum atomic E-state index is 13.0. The third kappa shape index (κ3) is 7.16. The summed E-state index contributed by atoms with van der Waals surface area (Å²) >= 11 is 0.